The second-order valence-corrected chi connectivity index (χ2v) is 7.87. The van der Waals surface area contributed by atoms with Crippen LogP contribution in [0.4, 0.5) is 10.6 Å². The second kappa shape index (κ2) is 6.94. The number of amides is 3. The quantitative estimate of drug-likeness (QED) is 0.566. The van der Waals surface area contributed by atoms with Crippen LogP contribution in [0.25, 0.3) is 10.2 Å². The van der Waals surface area contributed by atoms with Crippen LogP contribution in [0, 0.1) is 5.92 Å². The Hall–Kier alpha value is -1.87. The van der Waals surface area contributed by atoms with Gasteiger partial charge in [0.05, 0.1) is 11.1 Å². The minimum absolute atomic E-state index is 0.0560. The summed E-state index contributed by atoms with van der Waals surface area (Å²) in [4.78, 5) is 33.9. The highest BCUT2D eigenvalue weighted by molar-refractivity contribution is 7.99. The Morgan fingerprint density at radius 1 is 1.42 bits per heavy atom. The molecule has 0 unspecified atom stereocenters. The molecule has 4 N–H and O–H groups in total. The molecule has 1 atom stereocenters. The van der Waals surface area contributed by atoms with Crippen LogP contribution in [0.3, 0.4) is 0 Å². The average molecular weight is 365 g/mol. The van der Waals surface area contributed by atoms with Gasteiger partial charge in [-0.05, 0) is 30.7 Å². The van der Waals surface area contributed by atoms with E-state index in [2.05, 4.69) is 27.5 Å². The van der Waals surface area contributed by atoms with Gasteiger partial charge < -0.3 is 11.1 Å². The van der Waals surface area contributed by atoms with E-state index in [1.54, 1.807) is 11.3 Å². The molecule has 3 amide bonds. The zero-order valence-corrected chi connectivity index (χ0v) is 15.1. The number of fused-ring (bicyclic) bond motifs is 3. The molecule has 0 saturated carbocycles. The average Bonchev–Trinajstić information content (AvgIpc) is 2.90. The molecule has 1 aliphatic rings. The number of aromatic nitrogens is 2. The van der Waals surface area contributed by atoms with Gasteiger partial charge in [0.1, 0.15) is 10.6 Å². The number of rotatable bonds is 3. The van der Waals surface area contributed by atoms with Crippen molar-refractivity contribution in [1.29, 1.82) is 0 Å². The van der Waals surface area contributed by atoms with Crippen molar-refractivity contribution in [3.05, 3.63) is 10.4 Å². The summed E-state index contributed by atoms with van der Waals surface area (Å²) in [6.07, 6.45) is 3.24. The first kappa shape index (κ1) is 17.0. The Bertz CT molecular complexity index is 805. The van der Waals surface area contributed by atoms with Crippen LogP contribution in [0.15, 0.2) is 5.16 Å². The van der Waals surface area contributed by atoms with Gasteiger partial charge in [-0.3, -0.25) is 10.1 Å². The zero-order valence-electron chi connectivity index (χ0n) is 13.5. The lowest BCUT2D eigenvalue weighted by molar-refractivity contribution is -0.117. The number of nitrogen functional groups attached to an aromatic ring is 1. The topological polar surface area (TPSA) is 110 Å². The molecule has 7 nitrogen and oxygen atoms in total. The van der Waals surface area contributed by atoms with Gasteiger partial charge in [0.25, 0.3) is 0 Å². The van der Waals surface area contributed by atoms with Crippen LogP contribution >= 0.6 is 23.1 Å². The first-order chi connectivity index (χ1) is 11.5. The lowest BCUT2D eigenvalue weighted by atomic mass is 9.89. The molecule has 9 heteroatoms. The first-order valence-electron chi connectivity index (χ1n) is 7.70. The lowest BCUT2D eigenvalue weighted by Gasteiger charge is -2.17. The van der Waals surface area contributed by atoms with Crippen molar-refractivity contribution in [2.24, 2.45) is 5.92 Å². The summed E-state index contributed by atoms with van der Waals surface area (Å²) in [5.41, 5.74) is 7.44. The highest BCUT2D eigenvalue weighted by atomic mass is 32.2. The summed E-state index contributed by atoms with van der Waals surface area (Å²) < 4.78 is 0. The fourth-order valence-electron chi connectivity index (χ4n) is 2.77. The molecule has 0 aromatic carbocycles. The summed E-state index contributed by atoms with van der Waals surface area (Å²) in [5, 5.41) is 5.96. The Labute approximate surface area is 147 Å². The zero-order chi connectivity index (χ0) is 17.3. The van der Waals surface area contributed by atoms with Gasteiger partial charge in [-0.25, -0.2) is 14.8 Å². The third-order valence-electron chi connectivity index (χ3n) is 3.97. The number of aryl methyl sites for hydroxylation is 1. The number of imide groups is 1. The monoisotopic (exact) mass is 365 g/mol. The van der Waals surface area contributed by atoms with Crippen molar-refractivity contribution in [2.45, 2.75) is 31.3 Å². The lowest BCUT2D eigenvalue weighted by Crippen LogP contribution is -2.38. The molecule has 0 saturated heterocycles. The van der Waals surface area contributed by atoms with E-state index in [-0.39, 0.29) is 5.75 Å². The molecular weight excluding hydrogens is 346 g/mol. The van der Waals surface area contributed by atoms with Crippen molar-refractivity contribution in [1.82, 2.24) is 20.6 Å². The maximum Gasteiger partial charge on any atom is 0.321 e. The molecule has 2 heterocycles. The maximum atomic E-state index is 11.7. The number of thioether (sulfide) groups is 1. The number of hydrogen-bond acceptors (Lipinski definition) is 7. The molecule has 1 aliphatic carbocycles. The van der Waals surface area contributed by atoms with E-state index in [4.69, 9.17) is 5.73 Å². The predicted molar refractivity (Wildman–Crippen MR) is 96.3 cm³/mol. The van der Waals surface area contributed by atoms with Crippen molar-refractivity contribution < 1.29 is 9.59 Å². The van der Waals surface area contributed by atoms with E-state index >= 15 is 0 Å². The molecule has 2 aromatic rings. The fourth-order valence-corrected chi connectivity index (χ4v) is 4.87. The van der Waals surface area contributed by atoms with Crippen LogP contribution in [0.1, 0.15) is 23.8 Å². The molecule has 0 aliphatic heterocycles. The van der Waals surface area contributed by atoms with E-state index in [1.165, 1.54) is 29.3 Å². The Morgan fingerprint density at radius 2 is 2.21 bits per heavy atom. The van der Waals surface area contributed by atoms with Crippen molar-refractivity contribution >= 4 is 51.1 Å². The summed E-state index contributed by atoms with van der Waals surface area (Å²) >= 11 is 2.84. The van der Waals surface area contributed by atoms with Crippen molar-refractivity contribution in [3.8, 4) is 0 Å². The summed E-state index contributed by atoms with van der Waals surface area (Å²) in [6.45, 7) is 2.26. The molecule has 24 heavy (non-hydrogen) atoms. The third-order valence-corrected chi connectivity index (χ3v) is 5.97. The highest BCUT2D eigenvalue weighted by Crippen LogP contribution is 2.39. The second-order valence-electron chi connectivity index (χ2n) is 5.84. The largest absolute Gasteiger partial charge is 0.383 e. The Kier molecular flexibility index (Phi) is 4.91. The molecule has 2 aromatic heterocycles. The molecule has 0 fully saturated rings. The first-order valence-corrected chi connectivity index (χ1v) is 9.50. The molecule has 0 spiro atoms. The standard InChI is InChI=1S/C15H19N5O2S2/c1-7-3-4-8-9(5-7)24-13-11(8)12(16)19-15(20-13)23-6-10(21)18-14(22)17-2/h7H,3-6H2,1-2H3,(H2,16,19,20)(H2,17,18,21,22)/t7-/m1/s1. The van der Waals surface area contributed by atoms with E-state index in [0.29, 0.717) is 16.9 Å². The minimum Gasteiger partial charge on any atom is -0.383 e. The minimum atomic E-state index is -0.531. The van der Waals surface area contributed by atoms with Crippen LogP contribution in [-0.4, -0.2) is 34.7 Å². The van der Waals surface area contributed by atoms with Crippen LogP contribution < -0.4 is 16.4 Å². The van der Waals surface area contributed by atoms with E-state index in [9.17, 15) is 9.59 Å². The van der Waals surface area contributed by atoms with E-state index < -0.39 is 11.9 Å². The Balaban J connectivity index is 1.79. The third kappa shape index (κ3) is 3.46. The molecule has 128 valence electrons. The van der Waals surface area contributed by atoms with Gasteiger partial charge in [-0.1, -0.05) is 18.7 Å². The van der Waals surface area contributed by atoms with Gasteiger partial charge in [0, 0.05) is 11.9 Å². The van der Waals surface area contributed by atoms with Crippen LogP contribution in [0.2, 0.25) is 0 Å². The van der Waals surface area contributed by atoms with Gasteiger partial charge in [-0.2, -0.15) is 0 Å². The number of carbonyl (C=O) groups excluding carboxylic acids is 2. The molecule has 0 bridgehead atoms. The number of anilines is 1. The normalized spacial score (nSPS) is 16.7. The number of urea groups is 1. The molecule has 3 rings (SSSR count). The highest BCUT2D eigenvalue weighted by Gasteiger charge is 2.23. The molecular formula is C15H19N5O2S2. The smallest absolute Gasteiger partial charge is 0.321 e. The van der Waals surface area contributed by atoms with Crippen LogP contribution in [0.5, 0.6) is 0 Å². The number of nitrogens with two attached hydrogens (primary N) is 1. The maximum absolute atomic E-state index is 11.7. The number of nitrogens with one attached hydrogen (secondary N) is 2. The number of carbonyl (C=O) groups is 2. The van der Waals surface area contributed by atoms with Gasteiger partial charge in [-0.15, -0.1) is 11.3 Å². The number of nitrogens with zero attached hydrogens (tertiary/aromatic N) is 2. The van der Waals surface area contributed by atoms with E-state index in [0.717, 1.165) is 29.5 Å². The van der Waals surface area contributed by atoms with Gasteiger partial charge in [0.15, 0.2) is 5.16 Å². The summed E-state index contributed by atoms with van der Waals surface area (Å²) in [7, 11) is 1.45. The van der Waals surface area contributed by atoms with Gasteiger partial charge >= 0.3 is 6.03 Å². The Morgan fingerprint density at radius 3 is 2.96 bits per heavy atom. The van der Waals surface area contributed by atoms with E-state index in [1.807, 2.05) is 0 Å². The predicted octanol–water partition coefficient (Wildman–Crippen LogP) is 1.95. The van der Waals surface area contributed by atoms with Gasteiger partial charge in [0.2, 0.25) is 5.91 Å². The summed E-state index contributed by atoms with van der Waals surface area (Å²) in [5.74, 6) is 0.810. The van der Waals surface area contributed by atoms with Crippen molar-refractivity contribution in [2.75, 3.05) is 18.5 Å². The van der Waals surface area contributed by atoms with Crippen molar-refractivity contribution in [3.63, 3.8) is 0 Å². The number of thiophene rings is 1. The summed E-state index contributed by atoms with van der Waals surface area (Å²) in [6, 6.07) is -0.531. The van der Waals surface area contributed by atoms with Crippen LogP contribution in [-0.2, 0) is 17.6 Å². The molecule has 0 radical (unpaired) electrons. The number of hydrogen-bond donors (Lipinski definition) is 3. The SMILES string of the molecule is CNC(=O)NC(=O)CSc1nc(N)c2c3c(sc2n1)C[C@H](C)CC3. The fraction of sp³-hybridized carbons (Fsp3) is 0.467.